The van der Waals surface area contributed by atoms with Crippen LogP contribution in [0.25, 0.3) is 0 Å². The fraction of sp³-hybridized carbons (Fsp3) is 0.467. The van der Waals surface area contributed by atoms with Gasteiger partial charge in [0.25, 0.3) is 0 Å². The number of unbranched alkanes of at least 4 members (excludes halogenated alkanes) is 4. The number of carbonyl (C=O) groups is 2. The van der Waals surface area contributed by atoms with E-state index >= 15 is 0 Å². The molecule has 0 saturated heterocycles. The molecule has 0 heterocycles. The summed E-state index contributed by atoms with van der Waals surface area (Å²) in [7, 11) is 0. The molecule has 3 nitrogen and oxygen atoms in total. The van der Waals surface area contributed by atoms with Crippen molar-refractivity contribution in [1.82, 2.24) is 0 Å². The van der Waals surface area contributed by atoms with E-state index in [0.29, 0.717) is 17.0 Å². The van der Waals surface area contributed by atoms with Crippen molar-refractivity contribution in [2.45, 2.75) is 44.9 Å². The highest BCUT2D eigenvalue weighted by Gasteiger charge is 2.05. The number of halogens is 1. The summed E-state index contributed by atoms with van der Waals surface area (Å²) in [6.45, 7) is 0. The van der Waals surface area contributed by atoms with Gasteiger partial charge < -0.3 is 5.11 Å². The van der Waals surface area contributed by atoms with E-state index in [9.17, 15) is 9.59 Å². The lowest BCUT2D eigenvalue weighted by Crippen LogP contribution is -1.98. The molecule has 0 amide bonds. The number of hydrogen-bond donors (Lipinski definition) is 1. The van der Waals surface area contributed by atoms with Crippen LogP contribution in [0.15, 0.2) is 24.3 Å². The Balaban J connectivity index is 2.11. The molecule has 19 heavy (non-hydrogen) atoms. The van der Waals surface area contributed by atoms with Crippen LogP contribution < -0.4 is 0 Å². The van der Waals surface area contributed by atoms with Crippen LogP contribution in [0.3, 0.4) is 0 Å². The van der Waals surface area contributed by atoms with Gasteiger partial charge in [0.15, 0.2) is 5.78 Å². The summed E-state index contributed by atoms with van der Waals surface area (Å²) in [6.07, 6.45) is 5.24. The molecule has 4 heteroatoms. The van der Waals surface area contributed by atoms with Crippen LogP contribution in [-0.4, -0.2) is 16.9 Å². The van der Waals surface area contributed by atoms with Gasteiger partial charge >= 0.3 is 5.97 Å². The SMILES string of the molecule is O=C(O)CCCCCCCC(=O)c1ccc(Cl)cc1. The molecule has 0 spiro atoms. The van der Waals surface area contributed by atoms with Crippen LogP contribution in [0.1, 0.15) is 55.3 Å². The smallest absolute Gasteiger partial charge is 0.303 e. The molecule has 0 fully saturated rings. The molecule has 1 aromatic rings. The fourth-order valence-corrected chi connectivity index (χ4v) is 2.00. The number of ketones is 1. The molecule has 0 atom stereocenters. The van der Waals surface area contributed by atoms with Gasteiger partial charge in [0.2, 0.25) is 0 Å². The van der Waals surface area contributed by atoms with Gasteiger partial charge in [-0.1, -0.05) is 30.9 Å². The lowest BCUT2D eigenvalue weighted by molar-refractivity contribution is -0.137. The summed E-state index contributed by atoms with van der Waals surface area (Å²) in [5, 5.41) is 9.11. The maximum absolute atomic E-state index is 11.8. The van der Waals surface area contributed by atoms with Gasteiger partial charge in [0.05, 0.1) is 0 Å². The Morgan fingerprint density at radius 1 is 0.895 bits per heavy atom. The van der Waals surface area contributed by atoms with Gasteiger partial charge in [-0.3, -0.25) is 9.59 Å². The number of carboxylic acids is 1. The van der Waals surface area contributed by atoms with Crippen molar-refractivity contribution in [3.05, 3.63) is 34.9 Å². The van der Waals surface area contributed by atoms with E-state index in [4.69, 9.17) is 16.7 Å². The first kappa shape index (κ1) is 15.7. The standard InChI is InChI=1S/C15H19ClO3/c16-13-10-8-12(9-11-13)14(17)6-4-2-1-3-5-7-15(18)19/h8-11H,1-7H2,(H,18,19). The van der Waals surface area contributed by atoms with Crippen LogP contribution in [-0.2, 0) is 4.79 Å². The van der Waals surface area contributed by atoms with Crippen LogP contribution in [0, 0.1) is 0 Å². The molecule has 1 N–H and O–H groups in total. The minimum atomic E-state index is -0.738. The lowest BCUT2D eigenvalue weighted by atomic mass is 10.0. The van der Waals surface area contributed by atoms with Gasteiger partial charge in [0.1, 0.15) is 0 Å². The van der Waals surface area contributed by atoms with E-state index in [1.165, 1.54) is 0 Å². The summed E-state index contributed by atoms with van der Waals surface area (Å²) >= 11 is 5.76. The average molecular weight is 283 g/mol. The Kier molecular flexibility index (Phi) is 7.19. The molecule has 0 aliphatic heterocycles. The number of rotatable bonds is 9. The third-order valence-electron chi connectivity index (χ3n) is 2.96. The van der Waals surface area contributed by atoms with Gasteiger partial charge in [-0.25, -0.2) is 0 Å². The molecular formula is C15H19ClO3. The Morgan fingerprint density at radius 2 is 1.42 bits per heavy atom. The number of Topliss-reactive ketones (excluding diaryl/α,β-unsaturated/α-hetero) is 1. The predicted molar refractivity (Wildman–Crippen MR) is 75.7 cm³/mol. The van der Waals surface area contributed by atoms with Crippen LogP contribution in [0.2, 0.25) is 5.02 Å². The van der Waals surface area contributed by atoms with Crippen LogP contribution in [0.4, 0.5) is 0 Å². The van der Waals surface area contributed by atoms with E-state index in [1.807, 2.05) is 0 Å². The quantitative estimate of drug-likeness (QED) is 0.541. The highest BCUT2D eigenvalue weighted by atomic mass is 35.5. The highest BCUT2D eigenvalue weighted by molar-refractivity contribution is 6.30. The Morgan fingerprint density at radius 3 is 2.00 bits per heavy atom. The summed E-state index contributed by atoms with van der Waals surface area (Å²) in [6, 6.07) is 6.94. The lowest BCUT2D eigenvalue weighted by Gasteiger charge is -2.02. The van der Waals surface area contributed by atoms with Crippen molar-refractivity contribution in [2.24, 2.45) is 0 Å². The molecule has 0 unspecified atom stereocenters. The van der Waals surface area contributed by atoms with Crippen molar-refractivity contribution in [3.8, 4) is 0 Å². The molecule has 0 saturated carbocycles. The van der Waals surface area contributed by atoms with Gasteiger partial charge in [-0.15, -0.1) is 0 Å². The molecule has 1 rings (SSSR count). The third-order valence-corrected chi connectivity index (χ3v) is 3.21. The first-order chi connectivity index (χ1) is 9.09. The Bertz CT molecular complexity index is 412. The highest BCUT2D eigenvalue weighted by Crippen LogP contribution is 2.13. The maximum atomic E-state index is 11.8. The minimum absolute atomic E-state index is 0.141. The molecule has 0 radical (unpaired) electrons. The zero-order valence-electron chi connectivity index (χ0n) is 10.9. The van der Waals surface area contributed by atoms with Gasteiger partial charge in [-0.2, -0.15) is 0 Å². The number of benzene rings is 1. The zero-order valence-corrected chi connectivity index (χ0v) is 11.7. The van der Waals surface area contributed by atoms with Crippen molar-refractivity contribution in [1.29, 1.82) is 0 Å². The number of hydrogen-bond acceptors (Lipinski definition) is 2. The second-order valence-corrected chi connectivity index (χ2v) is 5.03. The van der Waals surface area contributed by atoms with E-state index in [2.05, 4.69) is 0 Å². The summed E-state index contributed by atoms with van der Waals surface area (Å²) in [5.41, 5.74) is 0.704. The number of carbonyl (C=O) groups excluding carboxylic acids is 1. The van der Waals surface area contributed by atoms with Crippen LogP contribution in [0.5, 0.6) is 0 Å². The topological polar surface area (TPSA) is 54.4 Å². The van der Waals surface area contributed by atoms with Crippen molar-refractivity contribution in [2.75, 3.05) is 0 Å². The molecular weight excluding hydrogens is 264 g/mol. The molecule has 0 aromatic heterocycles. The van der Waals surface area contributed by atoms with Gasteiger partial charge in [0, 0.05) is 23.4 Å². The molecule has 0 aliphatic rings. The predicted octanol–water partition coefficient (Wildman–Crippen LogP) is 4.34. The van der Waals surface area contributed by atoms with Crippen molar-refractivity contribution >= 4 is 23.4 Å². The summed E-state index contributed by atoms with van der Waals surface area (Å²) < 4.78 is 0. The number of carboxylic acid groups (broad SMARTS) is 1. The minimum Gasteiger partial charge on any atom is -0.481 e. The normalized spacial score (nSPS) is 10.4. The number of aliphatic carboxylic acids is 1. The van der Waals surface area contributed by atoms with E-state index in [-0.39, 0.29) is 12.2 Å². The van der Waals surface area contributed by atoms with Gasteiger partial charge in [-0.05, 0) is 37.1 Å². The second kappa shape index (κ2) is 8.70. The zero-order chi connectivity index (χ0) is 14.1. The van der Waals surface area contributed by atoms with Crippen molar-refractivity contribution in [3.63, 3.8) is 0 Å². The molecule has 0 aliphatic carbocycles. The monoisotopic (exact) mass is 282 g/mol. The van der Waals surface area contributed by atoms with Crippen molar-refractivity contribution < 1.29 is 14.7 Å². The first-order valence-electron chi connectivity index (χ1n) is 6.60. The average Bonchev–Trinajstić information content (AvgIpc) is 2.38. The van der Waals surface area contributed by atoms with E-state index < -0.39 is 5.97 Å². The second-order valence-electron chi connectivity index (χ2n) is 4.59. The first-order valence-corrected chi connectivity index (χ1v) is 6.98. The molecule has 104 valence electrons. The molecule has 0 bridgehead atoms. The summed E-state index contributed by atoms with van der Waals surface area (Å²) in [4.78, 5) is 22.1. The van der Waals surface area contributed by atoms with Crippen LogP contribution >= 0.6 is 11.6 Å². The largest absolute Gasteiger partial charge is 0.481 e. The summed E-state index contributed by atoms with van der Waals surface area (Å²) in [5.74, 6) is -0.597. The van der Waals surface area contributed by atoms with E-state index in [1.54, 1.807) is 24.3 Å². The van der Waals surface area contributed by atoms with E-state index in [0.717, 1.165) is 32.1 Å². The Labute approximate surface area is 118 Å². The molecule has 1 aromatic carbocycles. The fourth-order valence-electron chi connectivity index (χ4n) is 1.87. The Hall–Kier alpha value is -1.35. The third kappa shape index (κ3) is 6.97. The maximum Gasteiger partial charge on any atom is 0.303 e.